The van der Waals surface area contributed by atoms with E-state index in [4.69, 9.17) is 6.42 Å². The fourth-order valence-corrected chi connectivity index (χ4v) is 2.05. The molecule has 0 saturated heterocycles. The zero-order valence-corrected chi connectivity index (χ0v) is 12.2. The summed E-state index contributed by atoms with van der Waals surface area (Å²) in [5, 5.41) is 2.80. The van der Waals surface area contributed by atoms with E-state index in [-0.39, 0.29) is 5.91 Å². The monoisotopic (exact) mass is 275 g/mol. The predicted molar refractivity (Wildman–Crippen MR) is 88.0 cm³/mol. The van der Waals surface area contributed by atoms with Gasteiger partial charge in [0.2, 0.25) is 5.91 Å². The normalized spacial score (nSPS) is 10.3. The number of hydrogen-bond acceptors (Lipinski definition) is 1. The van der Waals surface area contributed by atoms with Gasteiger partial charge in [-0.05, 0) is 49.2 Å². The Labute approximate surface area is 125 Å². The van der Waals surface area contributed by atoms with Gasteiger partial charge in [-0.25, -0.2) is 0 Å². The van der Waals surface area contributed by atoms with Gasteiger partial charge >= 0.3 is 0 Å². The highest BCUT2D eigenvalue weighted by Crippen LogP contribution is 2.13. The Balaban J connectivity index is 2.07. The van der Waals surface area contributed by atoms with Gasteiger partial charge in [-0.15, -0.1) is 6.42 Å². The molecular weight excluding hydrogens is 258 g/mol. The van der Waals surface area contributed by atoms with E-state index in [1.165, 1.54) is 11.6 Å². The minimum absolute atomic E-state index is 0.177. The predicted octanol–water partition coefficient (Wildman–Crippen LogP) is 3.94. The summed E-state index contributed by atoms with van der Waals surface area (Å²) in [4.78, 5) is 11.9. The average Bonchev–Trinajstić information content (AvgIpc) is 2.46. The Hall–Kier alpha value is -2.79. The molecule has 0 aromatic heterocycles. The van der Waals surface area contributed by atoms with Crippen LogP contribution in [0.4, 0.5) is 5.69 Å². The van der Waals surface area contributed by atoms with Crippen molar-refractivity contribution in [2.24, 2.45) is 0 Å². The van der Waals surface area contributed by atoms with Gasteiger partial charge in [0.1, 0.15) is 0 Å². The first-order chi connectivity index (χ1) is 10.1. The van der Waals surface area contributed by atoms with Crippen molar-refractivity contribution in [2.45, 2.75) is 13.8 Å². The first kappa shape index (κ1) is 14.6. The highest BCUT2D eigenvalue weighted by Gasteiger charge is 1.99. The van der Waals surface area contributed by atoms with Crippen LogP contribution in [0.15, 0.2) is 48.5 Å². The molecule has 2 heteroatoms. The Morgan fingerprint density at radius 3 is 2.71 bits per heavy atom. The summed E-state index contributed by atoms with van der Waals surface area (Å²) < 4.78 is 0. The molecular formula is C19H17NO. The first-order valence-electron chi connectivity index (χ1n) is 6.71. The molecule has 0 radical (unpaired) electrons. The Morgan fingerprint density at radius 2 is 2.00 bits per heavy atom. The molecule has 1 N–H and O–H groups in total. The summed E-state index contributed by atoms with van der Waals surface area (Å²) >= 11 is 0. The van der Waals surface area contributed by atoms with Gasteiger partial charge < -0.3 is 5.32 Å². The van der Waals surface area contributed by atoms with Crippen LogP contribution in [0.5, 0.6) is 0 Å². The van der Waals surface area contributed by atoms with Crippen molar-refractivity contribution in [1.29, 1.82) is 0 Å². The molecule has 1 amide bonds. The number of benzene rings is 2. The highest BCUT2D eigenvalue weighted by molar-refractivity contribution is 6.02. The fraction of sp³-hybridized carbons (Fsp3) is 0.105. The van der Waals surface area contributed by atoms with Crippen LogP contribution in [0.2, 0.25) is 0 Å². The van der Waals surface area contributed by atoms with Crippen LogP contribution in [0.3, 0.4) is 0 Å². The van der Waals surface area contributed by atoms with Crippen LogP contribution >= 0.6 is 0 Å². The van der Waals surface area contributed by atoms with Crippen LogP contribution in [-0.4, -0.2) is 5.91 Å². The van der Waals surface area contributed by atoms with Gasteiger partial charge in [0, 0.05) is 17.3 Å². The summed E-state index contributed by atoms with van der Waals surface area (Å²) in [6.07, 6.45) is 8.68. The minimum atomic E-state index is -0.177. The van der Waals surface area contributed by atoms with Crippen molar-refractivity contribution in [1.82, 2.24) is 0 Å². The fourth-order valence-electron chi connectivity index (χ4n) is 2.05. The Morgan fingerprint density at radius 1 is 1.19 bits per heavy atom. The zero-order valence-electron chi connectivity index (χ0n) is 12.2. The number of nitrogens with one attached hydrogen (secondary N) is 1. The van der Waals surface area contributed by atoms with Crippen molar-refractivity contribution in [2.75, 3.05) is 5.32 Å². The summed E-state index contributed by atoms with van der Waals surface area (Å²) in [6.45, 7) is 4.08. The lowest BCUT2D eigenvalue weighted by Gasteiger charge is -2.03. The van der Waals surface area contributed by atoms with Gasteiger partial charge in [0.15, 0.2) is 0 Å². The number of amides is 1. The molecule has 2 aromatic rings. The molecule has 0 heterocycles. The maximum Gasteiger partial charge on any atom is 0.248 e. The molecule has 104 valence electrons. The lowest BCUT2D eigenvalue weighted by Crippen LogP contribution is -2.07. The molecule has 0 fully saturated rings. The number of anilines is 1. The summed E-state index contributed by atoms with van der Waals surface area (Å²) in [5.41, 5.74) is 4.83. The van der Waals surface area contributed by atoms with E-state index >= 15 is 0 Å². The van der Waals surface area contributed by atoms with Crippen LogP contribution in [-0.2, 0) is 4.79 Å². The van der Waals surface area contributed by atoms with Gasteiger partial charge in [0.05, 0.1) is 0 Å². The lowest BCUT2D eigenvalue weighted by atomic mass is 10.1. The Kier molecular flexibility index (Phi) is 4.58. The molecule has 0 atom stereocenters. The molecule has 21 heavy (non-hydrogen) atoms. The van der Waals surface area contributed by atoms with Crippen LogP contribution in [0, 0.1) is 26.2 Å². The molecule has 0 saturated carbocycles. The summed E-state index contributed by atoms with van der Waals surface area (Å²) in [6, 6.07) is 13.3. The van der Waals surface area contributed by atoms with Gasteiger partial charge in [0.25, 0.3) is 0 Å². The SMILES string of the molecule is C#Cc1cccc(NC(=O)C=Cc2ccc(C)cc2C)c1. The molecule has 0 aliphatic carbocycles. The molecule has 2 aromatic carbocycles. The first-order valence-corrected chi connectivity index (χ1v) is 6.71. The zero-order chi connectivity index (χ0) is 15.2. The number of carbonyl (C=O) groups excluding carboxylic acids is 1. The molecule has 0 unspecified atom stereocenters. The third-order valence-electron chi connectivity index (χ3n) is 3.14. The molecule has 2 rings (SSSR count). The van der Waals surface area contributed by atoms with E-state index in [0.717, 1.165) is 16.7 Å². The number of hydrogen-bond donors (Lipinski definition) is 1. The van der Waals surface area contributed by atoms with E-state index in [9.17, 15) is 4.79 Å². The molecule has 2 nitrogen and oxygen atoms in total. The second-order valence-electron chi connectivity index (χ2n) is 4.91. The summed E-state index contributed by atoms with van der Waals surface area (Å²) in [7, 11) is 0. The van der Waals surface area contributed by atoms with Gasteiger partial charge in [-0.3, -0.25) is 4.79 Å². The van der Waals surface area contributed by atoms with Crippen LogP contribution < -0.4 is 5.32 Å². The van der Waals surface area contributed by atoms with Crippen LogP contribution in [0.1, 0.15) is 22.3 Å². The Bertz CT molecular complexity index is 735. The van der Waals surface area contributed by atoms with E-state index in [1.54, 1.807) is 6.07 Å². The van der Waals surface area contributed by atoms with Crippen molar-refractivity contribution < 1.29 is 4.79 Å². The highest BCUT2D eigenvalue weighted by atomic mass is 16.1. The third kappa shape index (κ3) is 4.09. The van der Waals surface area contributed by atoms with E-state index in [2.05, 4.69) is 17.3 Å². The number of carbonyl (C=O) groups is 1. The minimum Gasteiger partial charge on any atom is -0.322 e. The standard InChI is InChI=1S/C19H17NO/c1-4-16-6-5-7-18(13-16)20-19(21)11-10-17-9-8-14(2)12-15(17)3/h1,5-13H,2-3H3,(H,20,21). The summed E-state index contributed by atoms with van der Waals surface area (Å²) in [5.74, 6) is 2.37. The average molecular weight is 275 g/mol. The third-order valence-corrected chi connectivity index (χ3v) is 3.14. The smallest absolute Gasteiger partial charge is 0.248 e. The number of terminal acetylenes is 1. The van der Waals surface area contributed by atoms with E-state index < -0.39 is 0 Å². The van der Waals surface area contributed by atoms with Crippen molar-refractivity contribution in [3.8, 4) is 12.3 Å². The maximum absolute atomic E-state index is 11.9. The largest absolute Gasteiger partial charge is 0.322 e. The topological polar surface area (TPSA) is 29.1 Å². The van der Waals surface area contributed by atoms with Gasteiger partial charge in [-0.2, -0.15) is 0 Å². The molecule has 0 aliphatic heterocycles. The number of rotatable bonds is 3. The second kappa shape index (κ2) is 6.58. The van der Waals surface area contributed by atoms with Gasteiger partial charge in [-0.1, -0.05) is 35.7 Å². The quantitative estimate of drug-likeness (QED) is 0.667. The lowest BCUT2D eigenvalue weighted by molar-refractivity contribution is -0.111. The molecule has 0 bridgehead atoms. The molecule has 0 spiro atoms. The molecule has 0 aliphatic rings. The maximum atomic E-state index is 11.9. The van der Waals surface area contributed by atoms with Crippen molar-refractivity contribution >= 4 is 17.7 Å². The van der Waals surface area contributed by atoms with E-state index in [1.807, 2.05) is 50.3 Å². The van der Waals surface area contributed by atoms with Crippen molar-refractivity contribution in [3.05, 3.63) is 70.8 Å². The second-order valence-corrected chi connectivity index (χ2v) is 4.91. The van der Waals surface area contributed by atoms with Crippen LogP contribution in [0.25, 0.3) is 6.08 Å². The van der Waals surface area contributed by atoms with Crippen molar-refractivity contribution in [3.63, 3.8) is 0 Å². The number of aryl methyl sites for hydroxylation is 2. The van der Waals surface area contributed by atoms with E-state index in [0.29, 0.717) is 5.69 Å².